The van der Waals surface area contributed by atoms with Gasteiger partial charge in [-0.15, -0.1) is 6.42 Å². The van der Waals surface area contributed by atoms with Gasteiger partial charge in [-0.3, -0.25) is 10.1 Å². The van der Waals surface area contributed by atoms with Crippen molar-refractivity contribution in [2.75, 3.05) is 25.2 Å². The second-order valence-electron chi connectivity index (χ2n) is 2.93. The Kier molecular flexibility index (Phi) is 3.64. The Morgan fingerprint density at radius 2 is 2.62 bits per heavy atom. The Hall–Kier alpha value is -0.660. The molecule has 13 heavy (non-hydrogen) atoms. The molecule has 0 bridgehead atoms. The molecule has 72 valence electrons. The summed E-state index contributed by atoms with van der Waals surface area (Å²) in [5.41, 5.74) is -0.536. The average Bonchev–Trinajstić information content (AvgIpc) is 2.63. The number of carbonyl (C=O) groups excluding carboxylic acids is 1. The van der Waals surface area contributed by atoms with E-state index >= 15 is 0 Å². The van der Waals surface area contributed by atoms with Crippen LogP contribution in [0.3, 0.4) is 0 Å². The molecular weight excluding hydrogens is 186 g/mol. The lowest BCUT2D eigenvalue weighted by atomic mass is 9.99. The molecule has 1 saturated heterocycles. The van der Waals surface area contributed by atoms with E-state index < -0.39 is 5.54 Å². The molecule has 1 N–H and O–H groups in total. The van der Waals surface area contributed by atoms with Crippen molar-refractivity contribution in [3.05, 3.63) is 0 Å². The molecule has 1 aliphatic heterocycles. The summed E-state index contributed by atoms with van der Waals surface area (Å²) in [4.78, 5) is 11.5. The largest absolute Gasteiger partial charge is 0.468 e. The average molecular weight is 199 g/mol. The third-order valence-corrected chi connectivity index (χ3v) is 3.32. The van der Waals surface area contributed by atoms with Gasteiger partial charge in [-0.2, -0.15) is 11.8 Å². The Morgan fingerprint density at radius 1 is 1.85 bits per heavy atom. The second kappa shape index (κ2) is 4.54. The molecule has 1 aliphatic rings. The van der Waals surface area contributed by atoms with E-state index in [1.54, 1.807) is 11.8 Å². The van der Waals surface area contributed by atoms with Crippen molar-refractivity contribution in [2.45, 2.75) is 12.0 Å². The van der Waals surface area contributed by atoms with E-state index in [0.717, 1.165) is 17.9 Å². The molecule has 0 spiro atoms. The van der Waals surface area contributed by atoms with Gasteiger partial charge in [0.1, 0.15) is 5.54 Å². The zero-order valence-electron chi connectivity index (χ0n) is 7.63. The predicted molar refractivity (Wildman–Crippen MR) is 53.5 cm³/mol. The van der Waals surface area contributed by atoms with E-state index in [4.69, 9.17) is 11.2 Å². The number of thioether (sulfide) groups is 1. The van der Waals surface area contributed by atoms with Crippen LogP contribution in [0.4, 0.5) is 0 Å². The molecule has 0 aromatic carbocycles. The highest BCUT2D eigenvalue weighted by Crippen LogP contribution is 2.28. The van der Waals surface area contributed by atoms with Crippen molar-refractivity contribution in [2.24, 2.45) is 0 Å². The van der Waals surface area contributed by atoms with Crippen LogP contribution in [-0.4, -0.2) is 36.7 Å². The fourth-order valence-electron chi connectivity index (χ4n) is 1.35. The number of ether oxygens (including phenoxy) is 1. The molecule has 0 saturated carbocycles. The summed E-state index contributed by atoms with van der Waals surface area (Å²) < 4.78 is 4.75. The van der Waals surface area contributed by atoms with Gasteiger partial charge in [0.25, 0.3) is 0 Å². The first-order valence-electron chi connectivity index (χ1n) is 4.10. The van der Waals surface area contributed by atoms with E-state index in [1.165, 1.54) is 7.11 Å². The van der Waals surface area contributed by atoms with E-state index in [2.05, 4.69) is 11.2 Å². The Labute approximate surface area is 82.6 Å². The molecule has 3 nitrogen and oxygen atoms in total. The van der Waals surface area contributed by atoms with Crippen LogP contribution < -0.4 is 5.32 Å². The first-order valence-corrected chi connectivity index (χ1v) is 5.25. The molecule has 1 unspecified atom stereocenters. The minimum atomic E-state index is -0.536. The summed E-state index contributed by atoms with van der Waals surface area (Å²) in [5.74, 6) is 4.00. The highest BCUT2D eigenvalue weighted by Gasteiger charge is 2.42. The normalized spacial score (nSPS) is 26.8. The lowest BCUT2D eigenvalue weighted by Gasteiger charge is -2.25. The van der Waals surface area contributed by atoms with Gasteiger partial charge in [-0.05, 0) is 12.2 Å². The molecule has 0 amide bonds. The first-order chi connectivity index (χ1) is 6.25. The third kappa shape index (κ3) is 2.17. The van der Waals surface area contributed by atoms with Gasteiger partial charge in [-0.1, -0.05) is 5.92 Å². The van der Waals surface area contributed by atoms with E-state index in [1.807, 2.05) is 0 Å². The van der Waals surface area contributed by atoms with Crippen molar-refractivity contribution in [3.63, 3.8) is 0 Å². The zero-order valence-corrected chi connectivity index (χ0v) is 8.45. The van der Waals surface area contributed by atoms with Crippen molar-refractivity contribution < 1.29 is 9.53 Å². The number of nitrogens with one attached hydrogen (secondary N) is 1. The topological polar surface area (TPSA) is 38.3 Å². The van der Waals surface area contributed by atoms with Crippen LogP contribution in [0.15, 0.2) is 0 Å². The van der Waals surface area contributed by atoms with Gasteiger partial charge in [-0.25, -0.2) is 0 Å². The molecule has 1 fully saturated rings. The quantitative estimate of drug-likeness (QED) is 0.522. The minimum Gasteiger partial charge on any atom is -0.468 e. The SMILES string of the molecule is C#CCNC1(C(=O)OC)CCSC1. The summed E-state index contributed by atoms with van der Waals surface area (Å²) in [6, 6.07) is 0. The molecule has 1 heterocycles. The molecular formula is C9H13NO2S. The summed E-state index contributed by atoms with van der Waals surface area (Å²) in [6.45, 7) is 0.412. The smallest absolute Gasteiger partial charge is 0.326 e. The fourth-order valence-corrected chi connectivity index (χ4v) is 2.70. The Balaban J connectivity index is 2.64. The van der Waals surface area contributed by atoms with E-state index in [9.17, 15) is 4.79 Å². The van der Waals surface area contributed by atoms with Crippen LogP contribution in [0.5, 0.6) is 0 Å². The summed E-state index contributed by atoms with van der Waals surface area (Å²) >= 11 is 1.74. The van der Waals surface area contributed by atoms with Crippen LogP contribution in [0.2, 0.25) is 0 Å². The lowest BCUT2D eigenvalue weighted by Crippen LogP contribution is -2.53. The third-order valence-electron chi connectivity index (χ3n) is 2.13. The van der Waals surface area contributed by atoms with Crippen LogP contribution in [0.25, 0.3) is 0 Å². The molecule has 0 aromatic rings. The monoisotopic (exact) mass is 199 g/mol. The van der Waals surface area contributed by atoms with Crippen molar-refractivity contribution in [1.29, 1.82) is 0 Å². The highest BCUT2D eigenvalue weighted by atomic mass is 32.2. The maximum atomic E-state index is 11.5. The maximum absolute atomic E-state index is 11.5. The number of rotatable bonds is 3. The van der Waals surface area contributed by atoms with Crippen LogP contribution in [0, 0.1) is 12.3 Å². The standard InChI is InChI=1S/C9H13NO2S/c1-3-5-10-9(8(11)12-2)4-6-13-7-9/h1,10H,4-7H2,2H3. The molecule has 1 rings (SSSR count). The second-order valence-corrected chi connectivity index (χ2v) is 4.04. The van der Waals surface area contributed by atoms with Crippen LogP contribution in [-0.2, 0) is 9.53 Å². The number of esters is 1. The Bertz CT molecular complexity index is 228. The number of carbonyl (C=O) groups is 1. The number of terminal acetylenes is 1. The van der Waals surface area contributed by atoms with Crippen molar-refractivity contribution in [3.8, 4) is 12.3 Å². The van der Waals surface area contributed by atoms with Crippen LogP contribution >= 0.6 is 11.8 Å². The van der Waals surface area contributed by atoms with E-state index in [-0.39, 0.29) is 5.97 Å². The van der Waals surface area contributed by atoms with Crippen LogP contribution in [0.1, 0.15) is 6.42 Å². The van der Waals surface area contributed by atoms with Crippen molar-refractivity contribution in [1.82, 2.24) is 5.32 Å². The first kappa shape index (κ1) is 10.4. The van der Waals surface area contributed by atoms with Crippen molar-refractivity contribution >= 4 is 17.7 Å². The van der Waals surface area contributed by atoms with Gasteiger partial charge in [0.15, 0.2) is 0 Å². The molecule has 0 aromatic heterocycles. The lowest BCUT2D eigenvalue weighted by molar-refractivity contribution is -0.147. The Morgan fingerprint density at radius 3 is 3.08 bits per heavy atom. The number of hydrogen-bond donors (Lipinski definition) is 1. The van der Waals surface area contributed by atoms with Gasteiger partial charge in [0.2, 0.25) is 0 Å². The maximum Gasteiger partial charge on any atom is 0.326 e. The molecule has 1 atom stereocenters. The minimum absolute atomic E-state index is 0.201. The number of hydrogen-bond acceptors (Lipinski definition) is 4. The van der Waals surface area contributed by atoms with E-state index in [0.29, 0.717) is 6.54 Å². The predicted octanol–water partition coefficient (Wildman–Crippen LogP) is 0.258. The summed E-state index contributed by atoms with van der Waals surface area (Å²) in [5, 5.41) is 3.06. The van der Waals surface area contributed by atoms with Gasteiger partial charge in [0.05, 0.1) is 13.7 Å². The molecule has 4 heteroatoms. The van der Waals surface area contributed by atoms with Gasteiger partial charge in [0, 0.05) is 5.75 Å². The summed E-state index contributed by atoms with van der Waals surface area (Å²) in [7, 11) is 1.41. The van der Waals surface area contributed by atoms with Gasteiger partial charge < -0.3 is 4.74 Å². The zero-order chi connectivity index (χ0) is 9.73. The summed E-state index contributed by atoms with van der Waals surface area (Å²) in [6.07, 6.45) is 5.93. The fraction of sp³-hybridized carbons (Fsp3) is 0.667. The highest BCUT2D eigenvalue weighted by molar-refractivity contribution is 7.99. The number of methoxy groups -OCH3 is 1. The molecule has 0 aliphatic carbocycles. The molecule has 0 radical (unpaired) electrons. The van der Waals surface area contributed by atoms with Gasteiger partial charge >= 0.3 is 5.97 Å².